The summed E-state index contributed by atoms with van der Waals surface area (Å²) in [6.07, 6.45) is 2.42. The number of fused-ring (bicyclic) bond motifs is 1. The summed E-state index contributed by atoms with van der Waals surface area (Å²) in [7, 11) is 1.80. The zero-order chi connectivity index (χ0) is 11.5. The summed E-state index contributed by atoms with van der Waals surface area (Å²) in [5, 5.41) is 4.03. The highest BCUT2D eigenvalue weighted by molar-refractivity contribution is 6.02. The Morgan fingerprint density at radius 3 is 2.82 bits per heavy atom. The van der Waals surface area contributed by atoms with Crippen molar-refractivity contribution in [1.29, 1.82) is 0 Å². The zero-order valence-corrected chi connectivity index (χ0v) is 10.7. The van der Waals surface area contributed by atoms with Crippen molar-refractivity contribution in [2.75, 3.05) is 7.05 Å². The molecular formula is C13H16ClNO2. The number of rotatable bonds is 4. The Balaban J connectivity index is 0.00000144. The summed E-state index contributed by atoms with van der Waals surface area (Å²) >= 11 is 0. The molecule has 1 aromatic heterocycles. The second kappa shape index (κ2) is 5.84. The van der Waals surface area contributed by atoms with E-state index in [-0.39, 0.29) is 24.2 Å². The maximum absolute atomic E-state index is 12.1. The van der Waals surface area contributed by atoms with Crippen LogP contribution in [0.3, 0.4) is 0 Å². The van der Waals surface area contributed by atoms with Gasteiger partial charge in [-0.25, -0.2) is 0 Å². The molecular weight excluding hydrogens is 238 g/mol. The number of hydrogen-bond acceptors (Lipinski definition) is 3. The number of halogens is 1. The van der Waals surface area contributed by atoms with Gasteiger partial charge in [0.15, 0.2) is 5.78 Å². The van der Waals surface area contributed by atoms with Crippen molar-refractivity contribution in [3.8, 4) is 0 Å². The Hall–Kier alpha value is -1.32. The van der Waals surface area contributed by atoms with Crippen LogP contribution in [-0.2, 0) is 0 Å². The van der Waals surface area contributed by atoms with E-state index in [0.717, 1.165) is 17.4 Å². The topological polar surface area (TPSA) is 42.2 Å². The summed E-state index contributed by atoms with van der Waals surface area (Å²) in [5.41, 5.74) is 1.46. The molecule has 0 fully saturated rings. The molecule has 0 amide bonds. The predicted molar refractivity (Wildman–Crippen MR) is 70.9 cm³/mol. The normalized spacial score (nSPS) is 12.1. The highest BCUT2D eigenvalue weighted by Crippen LogP contribution is 2.18. The molecule has 2 rings (SSSR count). The first kappa shape index (κ1) is 13.7. The maximum atomic E-state index is 12.1. The van der Waals surface area contributed by atoms with E-state index in [1.165, 1.54) is 0 Å². The second-order valence-corrected chi connectivity index (χ2v) is 3.79. The van der Waals surface area contributed by atoms with Crippen LogP contribution >= 0.6 is 12.4 Å². The monoisotopic (exact) mass is 253 g/mol. The van der Waals surface area contributed by atoms with Crippen molar-refractivity contribution in [1.82, 2.24) is 5.32 Å². The third kappa shape index (κ3) is 2.68. The lowest BCUT2D eigenvalue weighted by molar-refractivity contribution is 0.0945. The fourth-order valence-corrected chi connectivity index (χ4v) is 1.83. The summed E-state index contributed by atoms with van der Waals surface area (Å²) in [6.45, 7) is 1.99. The standard InChI is InChI=1S/C13H15NO2.ClH/c1-3-11(14-2)13(15)10-5-4-9-6-7-16-12(9)8-10;/h4-8,11,14H,3H2,1-2H3;1H. The van der Waals surface area contributed by atoms with Gasteiger partial charge >= 0.3 is 0 Å². The Morgan fingerprint density at radius 2 is 2.18 bits per heavy atom. The number of ketones is 1. The van der Waals surface area contributed by atoms with Crippen molar-refractivity contribution >= 4 is 29.2 Å². The van der Waals surface area contributed by atoms with E-state index >= 15 is 0 Å². The van der Waals surface area contributed by atoms with E-state index in [1.54, 1.807) is 19.4 Å². The Bertz CT molecular complexity index is 503. The number of benzene rings is 1. The molecule has 1 N–H and O–H groups in total. The van der Waals surface area contributed by atoms with Gasteiger partial charge in [0.2, 0.25) is 0 Å². The van der Waals surface area contributed by atoms with Crippen LogP contribution in [0.1, 0.15) is 23.7 Å². The molecule has 17 heavy (non-hydrogen) atoms. The van der Waals surface area contributed by atoms with E-state index in [4.69, 9.17) is 4.42 Å². The molecule has 0 aliphatic heterocycles. The molecule has 0 aliphatic rings. The van der Waals surface area contributed by atoms with Crippen molar-refractivity contribution in [2.24, 2.45) is 0 Å². The molecule has 3 nitrogen and oxygen atoms in total. The largest absolute Gasteiger partial charge is 0.464 e. The van der Waals surface area contributed by atoms with E-state index < -0.39 is 0 Å². The third-order valence-electron chi connectivity index (χ3n) is 2.81. The van der Waals surface area contributed by atoms with Gasteiger partial charge in [-0.15, -0.1) is 12.4 Å². The average Bonchev–Trinajstić information content (AvgIpc) is 2.77. The molecule has 0 radical (unpaired) electrons. The van der Waals surface area contributed by atoms with Crippen LogP contribution in [0.25, 0.3) is 11.0 Å². The number of carbonyl (C=O) groups excluding carboxylic acids is 1. The lowest BCUT2D eigenvalue weighted by Gasteiger charge is -2.12. The minimum Gasteiger partial charge on any atom is -0.464 e. The first-order chi connectivity index (χ1) is 7.76. The zero-order valence-electron chi connectivity index (χ0n) is 9.90. The van der Waals surface area contributed by atoms with Crippen LogP contribution in [0.2, 0.25) is 0 Å². The molecule has 0 bridgehead atoms. The Morgan fingerprint density at radius 1 is 1.41 bits per heavy atom. The van der Waals surface area contributed by atoms with Gasteiger partial charge in [-0.05, 0) is 25.6 Å². The summed E-state index contributed by atoms with van der Waals surface area (Å²) in [4.78, 5) is 12.1. The molecule has 1 heterocycles. The van der Waals surface area contributed by atoms with Crippen molar-refractivity contribution in [3.63, 3.8) is 0 Å². The molecule has 4 heteroatoms. The fourth-order valence-electron chi connectivity index (χ4n) is 1.83. The lowest BCUT2D eigenvalue weighted by Crippen LogP contribution is -2.33. The number of Topliss-reactive ketones (excluding diaryl/α,β-unsaturated/α-hetero) is 1. The van der Waals surface area contributed by atoms with Gasteiger partial charge in [0.05, 0.1) is 12.3 Å². The molecule has 92 valence electrons. The second-order valence-electron chi connectivity index (χ2n) is 3.79. The van der Waals surface area contributed by atoms with Crippen LogP contribution in [0, 0.1) is 0 Å². The van der Waals surface area contributed by atoms with Crippen LogP contribution in [-0.4, -0.2) is 18.9 Å². The number of likely N-dealkylation sites (N-methyl/N-ethyl adjacent to an activating group) is 1. The van der Waals surface area contributed by atoms with Crippen molar-refractivity contribution < 1.29 is 9.21 Å². The van der Waals surface area contributed by atoms with Gasteiger partial charge in [0.25, 0.3) is 0 Å². The van der Waals surface area contributed by atoms with Gasteiger partial charge in [-0.1, -0.05) is 19.1 Å². The van der Waals surface area contributed by atoms with E-state index in [0.29, 0.717) is 5.56 Å². The first-order valence-corrected chi connectivity index (χ1v) is 5.45. The SMILES string of the molecule is CCC(NC)C(=O)c1ccc2ccoc2c1.Cl. The molecule has 1 unspecified atom stereocenters. The third-order valence-corrected chi connectivity index (χ3v) is 2.81. The highest BCUT2D eigenvalue weighted by Gasteiger charge is 2.16. The number of carbonyl (C=O) groups is 1. The first-order valence-electron chi connectivity index (χ1n) is 5.45. The van der Waals surface area contributed by atoms with Gasteiger partial charge in [0, 0.05) is 10.9 Å². The van der Waals surface area contributed by atoms with Crippen LogP contribution in [0.15, 0.2) is 34.9 Å². The number of furan rings is 1. The Labute approximate surface area is 107 Å². The van der Waals surface area contributed by atoms with Gasteiger partial charge in [-0.2, -0.15) is 0 Å². The number of nitrogens with one attached hydrogen (secondary N) is 1. The van der Waals surface area contributed by atoms with Crippen molar-refractivity contribution in [2.45, 2.75) is 19.4 Å². The molecule has 1 atom stereocenters. The van der Waals surface area contributed by atoms with Crippen LogP contribution in [0.5, 0.6) is 0 Å². The highest BCUT2D eigenvalue weighted by atomic mass is 35.5. The average molecular weight is 254 g/mol. The summed E-state index contributed by atoms with van der Waals surface area (Å²) in [5.74, 6) is 0.114. The molecule has 0 saturated carbocycles. The molecule has 1 aromatic carbocycles. The minimum absolute atomic E-state index is 0. The molecule has 2 aromatic rings. The molecule has 0 aliphatic carbocycles. The van der Waals surface area contributed by atoms with Gasteiger partial charge < -0.3 is 9.73 Å². The summed E-state index contributed by atoms with van der Waals surface area (Å²) in [6, 6.07) is 7.33. The van der Waals surface area contributed by atoms with E-state index in [1.807, 2.05) is 25.1 Å². The smallest absolute Gasteiger partial charge is 0.179 e. The summed E-state index contributed by atoms with van der Waals surface area (Å²) < 4.78 is 5.28. The quantitative estimate of drug-likeness (QED) is 0.852. The van der Waals surface area contributed by atoms with E-state index in [2.05, 4.69) is 5.32 Å². The Kier molecular flexibility index (Phi) is 4.73. The molecule has 0 spiro atoms. The van der Waals surface area contributed by atoms with Gasteiger partial charge in [0.1, 0.15) is 5.58 Å². The molecule has 0 saturated heterocycles. The van der Waals surface area contributed by atoms with E-state index in [9.17, 15) is 4.79 Å². The van der Waals surface area contributed by atoms with Crippen molar-refractivity contribution in [3.05, 3.63) is 36.1 Å². The van der Waals surface area contributed by atoms with Crippen LogP contribution < -0.4 is 5.32 Å². The number of hydrogen-bond donors (Lipinski definition) is 1. The minimum atomic E-state index is -0.118. The lowest BCUT2D eigenvalue weighted by atomic mass is 10.0. The predicted octanol–water partition coefficient (Wildman–Crippen LogP) is 3.04. The van der Waals surface area contributed by atoms with Crippen LogP contribution in [0.4, 0.5) is 0 Å². The fraction of sp³-hybridized carbons (Fsp3) is 0.308. The van der Waals surface area contributed by atoms with Gasteiger partial charge in [-0.3, -0.25) is 4.79 Å². The maximum Gasteiger partial charge on any atom is 0.179 e.